The summed E-state index contributed by atoms with van der Waals surface area (Å²) in [6, 6.07) is 60.6. The molecule has 0 aliphatic rings. The summed E-state index contributed by atoms with van der Waals surface area (Å²) in [5, 5.41) is 2.25. The number of rotatable bonds is 6. The van der Waals surface area contributed by atoms with E-state index in [-0.39, 0.29) is 5.41 Å². The van der Waals surface area contributed by atoms with Crippen LogP contribution in [0.3, 0.4) is 0 Å². The van der Waals surface area contributed by atoms with Crippen molar-refractivity contribution in [3.8, 4) is 33.4 Å². The molecule has 0 unspecified atom stereocenters. The summed E-state index contributed by atoms with van der Waals surface area (Å²) in [4.78, 5) is 2.44. The second-order valence-corrected chi connectivity index (χ2v) is 13.4. The highest BCUT2D eigenvalue weighted by Crippen LogP contribution is 2.50. The average Bonchev–Trinajstić information content (AvgIpc) is 3.50. The molecule has 0 bridgehead atoms. The topological polar surface area (TPSA) is 16.4 Å². The summed E-state index contributed by atoms with van der Waals surface area (Å²) in [7, 11) is 0. The molecule has 0 aliphatic carbocycles. The summed E-state index contributed by atoms with van der Waals surface area (Å²) < 4.78 is 6.47. The molecule has 8 aromatic rings. The summed E-state index contributed by atoms with van der Waals surface area (Å²) >= 11 is 0. The predicted molar refractivity (Wildman–Crippen MR) is 203 cm³/mol. The molecule has 0 amide bonds. The molecular formula is C46H37NO. The Morgan fingerprint density at radius 1 is 0.417 bits per heavy atom. The minimum absolute atomic E-state index is 0.197. The maximum Gasteiger partial charge on any atom is 0.137 e. The van der Waals surface area contributed by atoms with Crippen LogP contribution in [0.1, 0.15) is 26.3 Å². The largest absolute Gasteiger partial charge is 0.456 e. The Balaban J connectivity index is 1.45. The first-order valence-electron chi connectivity index (χ1n) is 16.6. The van der Waals surface area contributed by atoms with Crippen LogP contribution in [0.25, 0.3) is 55.3 Å². The third kappa shape index (κ3) is 5.36. The lowest BCUT2D eigenvalue weighted by Gasteiger charge is -2.36. The fraction of sp³-hybridized carbons (Fsp3) is 0.0870. The zero-order valence-electron chi connectivity index (χ0n) is 27.5. The van der Waals surface area contributed by atoms with Crippen LogP contribution in [0, 0.1) is 0 Å². The van der Waals surface area contributed by atoms with E-state index >= 15 is 0 Å². The van der Waals surface area contributed by atoms with Crippen LogP contribution in [0.5, 0.6) is 0 Å². The average molecular weight is 620 g/mol. The fourth-order valence-corrected chi connectivity index (χ4v) is 6.99. The molecule has 2 nitrogen and oxygen atoms in total. The first kappa shape index (κ1) is 29.5. The van der Waals surface area contributed by atoms with Crippen molar-refractivity contribution in [3.63, 3.8) is 0 Å². The Kier molecular flexibility index (Phi) is 7.42. The van der Waals surface area contributed by atoms with Crippen molar-refractivity contribution in [1.29, 1.82) is 0 Å². The van der Waals surface area contributed by atoms with E-state index in [1.807, 2.05) is 12.1 Å². The molecule has 0 saturated heterocycles. The van der Waals surface area contributed by atoms with Gasteiger partial charge in [0.15, 0.2) is 0 Å². The molecule has 8 rings (SSSR count). The van der Waals surface area contributed by atoms with Gasteiger partial charge in [-0.15, -0.1) is 0 Å². The Labute approximate surface area is 282 Å². The fourth-order valence-electron chi connectivity index (χ4n) is 6.99. The number of fused-ring (bicyclic) bond motifs is 3. The molecule has 48 heavy (non-hydrogen) atoms. The number of furan rings is 1. The van der Waals surface area contributed by atoms with Crippen LogP contribution in [-0.2, 0) is 5.41 Å². The maximum atomic E-state index is 6.47. The number of hydrogen-bond acceptors (Lipinski definition) is 2. The molecular weight excluding hydrogens is 583 g/mol. The highest BCUT2D eigenvalue weighted by atomic mass is 16.3. The van der Waals surface area contributed by atoms with Crippen LogP contribution >= 0.6 is 0 Å². The van der Waals surface area contributed by atoms with Gasteiger partial charge in [0, 0.05) is 33.8 Å². The Hall–Kier alpha value is -5.86. The lowest BCUT2D eigenvalue weighted by atomic mass is 9.78. The van der Waals surface area contributed by atoms with Gasteiger partial charge in [-0.05, 0) is 69.1 Å². The van der Waals surface area contributed by atoms with E-state index in [0.29, 0.717) is 0 Å². The minimum atomic E-state index is -0.197. The molecule has 7 aromatic carbocycles. The third-order valence-electron chi connectivity index (χ3n) is 9.17. The molecule has 0 fully saturated rings. The minimum Gasteiger partial charge on any atom is -0.456 e. The lowest BCUT2D eigenvalue weighted by molar-refractivity contribution is 0.593. The maximum absolute atomic E-state index is 6.47. The van der Waals surface area contributed by atoms with Gasteiger partial charge in [-0.3, -0.25) is 0 Å². The van der Waals surface area contributed by atoms with Crippen LogP contribution in [0.2, 0.25) is 0 Å². The van der Waals surface area contributed by atoms with Gasteiger partial charge in [0.05, 0.1) is 5.69 Å². The standard InChI is InChI=1S/C46H37NO/c1-46(2,3)44-38(34-17-9-5-10-18-34)29-30-39(35-19-11-6-12-20-35)45(44)47(36-25-23-33(24-26-36)32-15-7-4-8-16-32)37-27-28-41-40-21-13-14-22-42(40)48-43(41)31-37/h4-31H,1-3H3. The van der Waals surface area contributed by atoms with Gasteiger partial charge in [0.1, 0.15) is 11.2 Å². The van der Waals surface area contributed by atoms with E-state index in [9.17, 15) is 0 Å². The van der Waals surface area contributed by atoms with E-state index in [1.165, 1.54) is 38.9 Å². The van der Waals surface area contributed by atoms with E-state index in [4.69, 9.17) is 4.42 Å². The molecule has 1 aromatic heterocycles. The first-order valence-corrected chi connectivity index (χ1v) is 16.6. The number of para-hydroxylation sites is 1. The number of hydrogen-bond donors (Lipinski definition) is 0. The predicted octanol–water partition coefficient (Wildman–Crippen LogP) is 13.4. The number of anilines is 3. The van der Waals surface area contributed by atoms with Gasteiger partial charge in [0.25, 0.3) is 0 Å². The first-order chi connectivity index (χ1) is 23.5. The summed E-state index contributed by atoms with van der Waals surface area (Å²) in [5.41, 5.74) is 13.3. The van der Waals surface area contributed by atoms with Crippen LogP contribution in [0.4, 0.5) is 17.1 Å². The quantitative estimate of drug-likeness (QED) is 0.184. The molecule has 0 saturated carbocycles. The normalized spacial score (nSPS) is 11.6. The highest BCUT2D eigenvalue weighted by molar-refractivity contribution is 6.06. The van der Waals surface area contributed by atoms with Gasteiger partial charge in [-0.1, -0.05) is 154 Å². The summed E-state index contributed by atoms with van der Waals surface area (Å²) in [5.74, 6) is 0. The molecule has 1 heterocycles. The van der Waals surface area contributed by atoms with Crippen molar-refractivity contribution in [2.45, 2.75) is 26.2 Å². The zero-order valence-corrected chi connectivity index (χ0v) is 27.5. The van der Waals surface area contributed by atoms with Crippen LogP contribution < -0.4 is 4.90 Å². The van der Waals surface area contributed by atoms with Crippen molar-refractivity contribution in [1.82, 2.24) is 0 Å². The lowest BCUT2D eigenvalue weighted by Crippen LogP contribution is -2.21. The number of nitrogens with zero attached hydrogens (tertiary/aromatic N) is 1. The summed E-state index contributed by atoms with van der Waals surface area (Å²) in [6.45, 7) is 6.98. The Morgan fingerprint density at radius 3 is 1.56 bits per heavy atom. The third-order valence-corrected chi connectivity index (χ3v) is 9.17. The molecule has 2 heteroatoms. The Bertz CT molecular complexity index is 2350. The molecule has 0 spiro atoms. The van der Waals surface area contributed by atoms with Crippen molar-refractivity contribution >= 4 is 39.0 Å². The Morgan fingerprint density at radius 2 is 0.917 bits per heavy atom. The second-order valence-electron chi connectivity index (χ2n) is 13.4. The van der Waals surface area contributed by atoms with Gasteiger partial charge < -0.3 is 9.32 Å². The van der Waals surface area contributed by atoms with E-state index in [0.717, 1.165) is 39.0 Å². The highest BCUT2D eigenvalue weighted by Gasteiger charge is 2.30. The number of benzene rings is 7. The monoisotopic (exact) mass is 619 g/mol. The molecule has 0 aliphatic heterocycles. The van der Waals surface area contributed by atoms with Gasteiger partial charge in [-0.25, -0.2) is 0 Å². The molecule has 232 valence electrons. The second kappa shape index (κ2) is 12.1. The molecule has 0 atom stereocenters. The van der Waals surface area contributed by atoms with Crippen molar-refractivity contribution in [2.75, 3.05) is 4.90 Å². The van der Waals surface area contributed by atoms with Crippen LogP contribution in [0.15, 0.2) is 174 Å². The van der Waals surface area contributed by atoms with Gasteiger partial charge in [-0.2, -0.15) is 0 Å². The van der Waals surface area contributed by atoms with Gasteiger partial charge in [0.2, 0.25) is 0 Å². The van der Waals surface area contributed by atoms with Crippen molar-refractivity contribution < 1.29 is 4.42 Å². The van der Waals surface area contributed by atoms with E-state index in [2.05, 4.69) is 183 Å². The van der Waals surface area contributed by atoms with Crippen molar-refractivity contribution in [3.05, 3.63) is 175 Å². The molecule has 0 radical (unpaired) electrons. The van der Waals surface area contributed by atoms with Gasteiger partial charge >= 0.3 is 0 Å². The molecule has 0 N–H and O–H groups in total. The van der Waals surface area contributed by atoms with Crippen molar-refractivity contribution in [2.24, 2.45) is 0 Å². The SMILES string of the molecule is CC(C)(C)c1c(-c2ccccc2)ccc(-c2ccccc2)c1N(c1ccc(-c2ccccc2)cc1)c1ccc2c(c1)oc1ccccc12. The summed E-state index contributed by atoms with van der Waals surface area (Å²) in [6.07, 6.45) is 0. The van der Waals surface area contributed by atoms with E-state index < -0.39 is 0 Å². The smallest absolute Gasteiger partial charge is 0.137 e. The van der Waals surface area contributed by atoms with E-state index in [1.54, 1.807) is 0 Å². The zero-order chi connectivity index (χ0) is 32.7. The van der Waals surface area contributed by atoms with Crippen LogP contribution in [-0.4, -0.2) is 0 Å².